The molecule has 0 heterocycles. The quantitative estimate of drug-likeness (QED) is 0.787. The van der Waals surface area contributed by atoms with Crippen molar-refractivity contribution in [3.05, 3.63) is 29.8 Å². The van der Waals surface area contributed by atoms with E-state index in [2.05, 4.69) is 24.5 Å². The summed E-state index contributed by atoms with van der Waals surface area (Å²) in [6, 6.07) is 7.83. The van der Waals surface area contributed by atoms with Crippen molar-refractivity contribution in [3.63, 3.8) is 0 Å². The van der Waals surface area contributed by atoms with Gasteiger partial charge in [0.2, 0.25) is 0 Å². The van der Waals surface area contributed by atoms with Crippen LogP contribution in [0.15, 0.2) is 24.3 Å². The molecule has 3 heteroatoms. The first-order valence-electron chi connectivity index (χ1n) is 7.17. The van der Waals surface area contributed by atoms with E-state index in [1.807, 2.05) is 38.1 Å². The Balaban J connectivity index is 2.49. The van der Waals surface area contributed by atoms with Crippen molar-refractivity contribution in [2.75, 3.05) is 11.9 Å². The number of carbonyl (C=O) groups is 1. The molecule has 19 heavy (non-hydrogen) atoms. The van der Waals surface area contributed by atoms with Crippen LogP contribution in [-0.2, 0) is 0 Å². The number of hydrogen-bond acceptors (Lipinski definition) is 2. The fourth-order valence-electron chi connectivity index (χ4n) is 1.97. The van der Waals surface area contributed by atoms with Gasteiger partial charge >= 0.3 is 0 Å². The summed E-state index contributed by atoms with van der Waals surface area (Å²) in [5.74, 6) is 0.662. The van der Waals surface area contributed by atoms with Gasteiger partial charge in [0.1, 0.15) is 0 Å². The zero-order valence-corrected chi connectivity index (χ0v) is 12.5. The fourth-order valence-corrected chi connectivity index (χ4v) is 1.97. The van der Waals surface area contributed by atoms with Gasteiger partial charge in [-0.3, -0.25) is 4.79 Å². The molecule has 1 rings (SSSR count). The van der Waals surface area contributed by atoms with E-state index in [0.29, 0.717) is 11.5 Å². The first-order chi connectivity index (χ1) is 9.02. The van der Waals surface area contributed by atoms with Crippen molar-refractivity contribution >= 4 is 11.6 Å². The van der Waals surface area contributed by atoms with Gasteiger partial charge in [0.05, 0.1) is 0 Å². The summed E-state index contributed by atoms with van der Waals surface area (Å²) in [7, 11) is 0. The van der Waals surface area contributed by atoms with E-state index in [9.17, 15) is 4.79 Å². The first-order valence-corrected chi connectivity index (χ1v) is 7.17. The molecule has 0 aliphatic rings. The Kier molecular flexibility index (Phi) is 6.40. The maximum absolute atomic E-state index is 11.8. The predicted octanol–water partition coefficient (Wildman–Crippen LogP) is 3.67. The van der Waals surface area contributed by atoms with Crippen molar-refractivity contribution < 1.29 is 4.79 Å². The summed E-state index contributed by atoms with van der Waals surface area (Å²) in [5.41, 5.74) is 1.78. The molecular weight excluding hydrogens is 236 g/mol. The Morgan fingerprint density at radius 3 is 2.32 bits per heavy atom. The molecule has 1 atom stereocenters. The minimum atomic E-state index is -0.0131. The molecule has 1 unspecified atom stereocenters. The Hall–Kier alpha value is -1.51. The van der Waals surface area contributed by atoms with Gasteiger partial charge in [0.15, 0.2) is 0 Å². The van der Waals surface area contributed by atoms with Gasteiger partial charge in [-0.2, -0.15) is 0 Å². The van der Waals surface area contributed by atoms with Crippen molar-refractivity contribution in [2.24, 2.45) is 5.92 Å². The molecule has 1 amide bonds. The lowest BCUT2D eigenvalue weighted by molar-refractivity contribution is 0.0943. The van der Waals surface area contributed by atoms with Gasteiger partial charge in [-0.1, -0.05) is 20.3 Å². The number of hydrogen-bond donors (Lipinski definition) is 2. The van der Waals surface area contributed by atoms with E-state index in [0.717, 1.165) is 12.2 Å². The lowest BCUT2D eigenvalue weighted by Crippen LogP contribution is -2.29. The summed E-state index contributed by atoms with van der Waals surface area (Å²) >= 11 is 0. The van der Waals surface area contributed by atoms with E-state index in [1.165, 1.54) is 12.8 Å². The molecule has 0 spiro atoms. The second kappa shape index (κ2) is 7.82. The largest absolute Gasteiger partial charge is 0.385 e. The summed E-state index contributed by atoms with van der Waals surface area (Å²) < 4.78 is 0. The normalized spacial score (nSPS) is 12.3. The van der Waals surface area contributed by atoms with Crippen LogP contribution in [0.3, 0.4) is 0 Å². The average molecular weight is 262 g/mol. The number of amides is 1. The summed E-state index contributed by atoms with van der Waals surface area (Å²) in [6.45, 7) is 9.36. The van der Waals surface area contributed by atoms with Crippen LogP contribution in [0.2, 0.25) is 0 Å². The standard InChI is InChI=1S/C16H26N2O/c1-5-6-13(4)11-17-15-9-7-14(8-10-15)16(19)18-12(2)3/h7-10,12-13,17H,5-6,11H2,1-4H3,(H,18,19). The van der Waals surface area contributed by atoms with Crippen molar-refractivity contribution in [3.8, 4) is 0 Å². The lowest BCUT2D eigenvalue weighted by Gasteiger charge is -2.13. The van der Waals surface area contributed by atoms with Crippen molar-refractivity contribution in [1.29, 1.82) is 0 Å². The minimum absolute atomic E-state index is 0.0131. The van der Waals surface area contributed by atoms with E-state index >= 15 is 0 Å². The Morgan fingerprint density at radius 1 is 1.16 bits per heavy atom. The molecule has 0 saturated carbocycles. The van der Waals surface area contributed by atoms with Crippen LogP contribution in [0.4, 0.5) is 5.69 Å². The highest BCUT2D eigenvalue weighted by Crippen LogP contribution is 2.12. The molecule has 106 valence electrons. The highest BCUT2D eigenvalue weighted by molar-refractivity contribution is 5.94. The summed E-state index contributed by atoms with van der Waals surface area (Å²) in [4.78, 5) is 11.8. The Morgan fingerprint density at radius 2 is 1.79 bits per heavy atom. The average Bonchev–Trinajstić information content (AvgIpc) is 2.36. The molecule has 0 saturated heterocycles. The topological polar surface area (TPSA) is 41.1 Å². The second-order valence-electron chi connectivity index (χ2n) is 5.48. The van der Waals surface area contributed by atoms with Crippen molar-refractivity contribution in [2.45, 2.75) is 46.6 Å². The molecule has 1 aromatic carbocycles. The van der Waals surface area contributed by atoms with Gasteiger partial charge in [0, 0.05) is 23.8 Å². The van der Waals surface area contributed by atoms with E-state index in [4.69, 9.17) is 0 Å². The molecule has 0 aromatic heterocycles. The second-order valence-corrected chi connectivity index (χ2v) is 5.48. The van der Waals surface area contributed by atoms with E-state index in [-0.39, 0.29) is 11.9 Å². The molecule has 3 nitrogen and oxygen atoms in total. The number of rotatable bonds is 7. The molecule has 1 aromatic rings. The van der Waals surface area contributed by atoms with Crippen LogP contribution in [0, 0.1) is 5.92 Å². The zero-order chi connectivity index (χ0) is 14.3. The van der Waals surface area contributed by atoms with Crippen LogP contribution in [-0.4, -0.2) is 18.5 Å². The number of nitrogens with one attached hydrogen (secondary N) is 2. The maximum Gasteiger partial charge on any atom is 0.251 e. The van der Waals surface area contributed by atoms with E-state index < -0.39 is 0 Å². The Labute approximate surface area is 116 Å². The maximum atomic E-state index is 11.8. The predicted molar refractivity (Wildman–Crippen MR) is 81.6 cm³/mol. The molecule has 0 fully saturated rings. The van der Waals surface area contributed by atoms with E-state index in [1.54, 1.807) is 0 Å². The summed E-state index contributed by atoms with van der Waals surface area (Å²) in [5, 5.41) is 6.29. The first kappa shape index (κ1) is 15.5. The van der Waals surface area contributed by atoms with Gasteiger partial charge in [0.25, 0.3) is 5.91 Å². The third-order valence-electron chi connectivity index (χ3n) is 3.00. The monoisotopic (exact) mass is 262 g/mol. The molecule has 2 N–H and O–H groups in total. The van der Waals surface area contributed by atoms with Gasteiger partial charge in [-0.05, 0) is 50.5 Å². The van der Waals surface area contributed by atoms with Gasteiger partial charge in [-0.25, -0.2) is 0 Å². The van der Waals surface area contributed by atoms with Crippen molar-refractivity contribution in [1.82, 2.24) is 5.32 Å². The third-order valence-corrected chi connectivity index (χ3v) is 3.00. The lowest BCUT2D eigenvalue weighted by atomic mass is 10.1. The molecule has 0 aliphatic carbocycles. The molecular formula is C16H26N2O. The van der Waals surface area contributed by atoms with Crippen LogP contribution >= 0.6 is 0 Å². The van der Waals surface area contributed by atoms with Crippen LogP contribution < -0.4 is 10.6 Å². The molecule has 0 aliphatic heterocycles. The highest BCUT2D eigenvalue weighted by atomic mass is 16.1. The Bertz CT molecular complexity index is 384. The molecule has 0 radical (unpaired) electrons. The third kappa shape index (κ3) is 5.77. The van der Waals surface area contributed by atoms with Gasteiger partial charge in [-0.15, -0.1) is 0 Å². The fraction of sp³-hybridized carbons (Fsp3) is 0.562. The number of carbonyl (C=O) groups excluding carboxylic acids is 1. The highest BCUT2D eigenvalue weighted by Gasteiger charge is 2.06. The van der Waals surface area contributed by atoms with Gasteiger partial charge < -0.3 is 10.6 Å². The number of anilines is 1. The minimum Gasteiger partial charge on any atom is -0.385 e. The van der Waals surface area contributed by atoms with Crippen LogP contribution in [0.1, 0.15) is 50.9 Å². The SMILES string of the molecule is CCCC(C)CNc1ccc(C(=O)NC(C)C)cc1. The van der Waals surface area contributed by atoms with Crippen LogP contribution in [0.25, 0.3) is 0 Å². The number of benzene rings is 1. The van der Waals surface area contributed by atoms with Crippen LogP contribution in [0.5, 0.6) is 0 Å². The summed E-state index contributed by atoms with van der Waals surface area (Å²) in [6.07, 6.45) is 2.46. The zero-order valence-electron chi connectivity index (χ0n) is 12.5. The smallest absolute Gasteiger partial charge is 0.251 e. The molecule has 0 bridgehead atoms.